The number of nitrogens with zero attached hydrogens (tertiary/aromatic N) is 2. The molecule has 2 aromatic rings. The summed E-state index contributed by atoms with van der Waals surface area (Å²) in [6, 6.07) is 1.18. The number of aryl methyl sites for hydroxylation is 2. The number of esters is 1. The van der Waals surface area contributed by atoms with Crippen LogP contribution in [0.3, 0.4) is 0 Å². The van der Waals surface area contributed by atoms with E-state index in [0.717, 1.165) is 11.3 Å². The molecular weight excluding hydrogens is 334 g/mol. The molecule has 0 aliphatic heterocycles. The molecule has 8 nitrogen and oxygen atoms in total. The third-order valence-corrected chi connectivity index (χ3v) is 4.18. The molecule has 0 saturated carbocycles. The van der Waals surface area contributed by atoms with Gasteiger partial charge in [-0.3, -0.25) is 14.9 Å². The van der Waals surface area contributed by atoms with Crippen molar-refractivity contribution in [2.45, 2.75) is 13.8 Å². The van der Waals surface area contributed by atoms with Gasteiger partial charge in [-0.15, -0.1) is 0 Å². The van der Waals surface area contributed by atoms with Crippen molar-refractivity contribution in [3.63, 3.8) is 0 Å². The normalized spacial score (nSPS) is 10.3. The number of pyridine rings is 1. The predicted molar refractivity (Wildman–Crippen MR) is 89.0 cm³/mol. The summed E-state index contributed by atoms with van der Waals surface area (Å²) in [7, 11) is 3.00. The summed E-state index contributed by atoms with van der Waals surface area (Å²) in [5.74, 6) is -0.852. The van der Waals surface area contributed by atoms with Gasteiger partial charge in [0.15, 0.2) is 10.9 Å². The molecule has 2 heterocycles. The second-order valence-electron chi connectivity index (χ2n) is 4.81. The van der Waals surface area contributed by atoms with Gasteiger partial charge in [-0.1, -0.05) is 11.3 Å². The lowest BCUT2D eigenvalue weighted by molar-refractivity contribution is 0.0531. The largest absolute Gasteiger partial charge is 0.491 e. The van der Waals surface area contributed by atoms with Crippen LogP contribution in [0.1, 0.15) is 32.8 Å². The van der Waals surface area contributed by atoms with Crippen LogP contribution in [0.15, 0.2) is 17.1 Å². The Hall–Kier alpha value is -2.68. The van der Waals surface area contributed by atoms with Crippen molar-refractivity contribution >= 4 is 28.3 Å². The number of methoxy groups -OCH3 is 1. The lowest BCUT2D eigenvalue weighted by atomic mass is 10.3. The van der Waals surface area contributed by atoms with Crippen molar-refractivity contribution in [2.24, 2.45) is 7.05 Å². The molecule has 0 fully saturated rings. The maximum Gasteiger partial charge on any atom is 0.350 e. The number of thiazole rings is 1. The van der Waals surface area contributed by atoms with Crippen LogP contribution < -0.4 is 15.5 Å². The number of hydrogen-bond acceptors (Lipinski definition) is 7. The highest BCUT2D eigenvalue weighted by molar-refractivity contribution is 7.17. The summed E-state index contributed by atoms with van der Waals surface area (Å²) in [4.78, 5) is 40.4. The number of hydrogen-bond donors (Lipinski definition) is 1. The number of nitrogens with one attached hydrogen (secondary N) is 1. The molecule has 1 amide bonds. The van der Waals surface area contributed by atoms with Crippen molar-refractivity contribution in [1.29, 1.82) is 0 Å². The molecule has 0 aromatic carbocycles. The molecule has 2 rings (SSSR count). The Morgan fingerprint density at radius 2 is 2.12 bits per heavy atom. The summed E-state index contributed by atoms with van der Waals surface area (Å²) in [6.07, 6.45) is 1.42. The molecule has 0 saturated heterocycles. The van der Waals surface area contributed by atoms with Gasteiger partial charge in [-0.2, -0.15) is 0 Å². The highest BCUT2D eigenvalue weighted by Gasteiger charge is 2.19. The van der Waals surface area contributed by atoms with Crippen LogP contribution in [0.5, 0.6) is 5.75 Å². The van der Waals surface area contributed by atoms with Crippen LogP contribution in [0.4, 0.5) is 5.13 Å². The van der Waals surface area contributed by atoms with E-state index in [9.17, 15) is 14.4 Å². The quantitative estimate of drug-likeness (QED) is 0.821. The Balaban J connectivity index is 2.25. The molecule has 128 valence electrons. The van der Waals surface area contributed by atoms with Crippen molar-refractivity contribution in [3.05, 3.63) is 38.8 Å². The van der Waals surface area contributed by atoms with E-state index >= 15 is 0 Å². The molecule has 1 N–H and O–H groups in total. The highest BCUT2D eigenvalue weighted by atomic mass is 32.1. The third-order valence-electron chi connectivity index (χ3n) is 3.13. The fourth-order valence-corrected chi connectivity index (χ4v) is 2.84. The SMILES string of the molecule is CCOC(=O)c1sc(NC(=O)c2cc(=O)c(OC)cn2C)nc1C. The number of rotatable bonds is 5. The summed E-state index contributed by atoms with van der Waals surface area (Å²) < 4.78 is 11.3. The van der Waals surface area contributed by atoms with E-state index in [1.807, 2.05) is 0 Å². The molecule has 0 aliphatic carbocycles. The first-order chi connectivity index (χ1) is 11.4. The number of carbonyl (C=O) groups is 2. The Morgan fingerprint density at radius 1 is 1.42 bits per heavy atom. The van der Waals surface area contributed by atoms with E-state index in [4.69, 9.17) is 9.47 Å². The Labute approximate surface area is 142 Å². The minimum absolute atomic E-state index is 0.142. The molecule has 0 atom stereocenters. The first-order valence-electron chi connectivity index (χ1n) is 7.08. The number of ether oxygens (including phenoxy) is 2. The van der Waals surface area contributed by atoms with Crippen LogP contribution >= 0.6 is 11.3 Å². The lowest BCUT2D eigenvalue weighted by Crippen LogP contribution is -2.21. The van der Waals surface area contributed by atoms with E-state index in [0.29, 0.717) is 10.6 Å². The van der Waals surface area contributed by atoms with Gasteiger partial charge in [0.2, 0.25) is 5.43 Å². The molecule has 9 heteroatoms. The molecule has 0 aliphatic rings. The maximum atomic E-state index is 12.3. The summed E-state index contributed by atoms with van der Waals surface area (Å²) >= 11 is 1.02. The van der Waals surface area contributed by atoms with Crippen LogP contribution in [0, 0.1) is 6.92 Å². The number of anilines is 1. The highest BCUT2D eigenvalue weighted by Crippen LogP contribution is 2.23. The first-order valence-corrected chi connectivity index (χ1v) is 7.89. The van der Waals surface area contributed by atoms with Crippen LogP contribution in [0.25, 0.3) is 0 Å². The topological polar surface area (TPSA) is 99.5 Å². The molecule has 0 radical (unpaired) electrons. The Bertz CT molecular complexity index is 840. The van der Waals surface area contributed by atoms with Crippen molar-refractivity contribution in [2.75, 3.05) is 19.0 Å². The summed E-state index contributed by atoms with van der Waals surface area (Å²) in [6.45, 7) is 3.62. The second-order valence-corrected chi connectivity index (χ2v) is 5.81. The smallest absolute Gasteiger partial charge is 0.350 e. The average molecular weight is 351 g/mol. The lowest BCUT2D eigenvalue weighted by Gasteiger charge is -2.09. The first kappa shape index (κ1) is 17.7. The van der Waals surface area contributed by atoms with Gasteiger partial charge >= 0.3 is 5.97 Å². The van der Waals surface area contributed by atoms with Crippen LogP contribution in [0.2, 0.25) is 0 Å². The fraction of sp³-hybridized carbons (Fsp3) is 0.333. The van der Waals surface area contributed by atoms with E-state index in [-0.39, 0.29) is 23.2 Å². The van der Waals surface area contributed by atoms with Gasteiger partial charge in [-0.25, -0.2) is 9.78 Å². The summed E-state index contributed by atoms with van der Waals surface area (Å²) in [5, 5.41) is 2.84. The average Bonchev–Trinajstić information content (AvgIpc) is 2.89. The van der Waals surface area contributed by atoms with E-state index in [1.54, 1.807) is 20.9 Å². The van der Waals surface area contributed by atoms with Gasteiger partial charge in [0.05, 0.1) is 25.6 Å². The number of carbonyl (C=O) groups excluding carboxylic acids is 2. The van der Waals surface area contributed by atoms with Gasteiger partial charge in [0.25, 0.3) is 5.91 Å². The van der Waals surface area contributed by atoms with Crippen molar-refractivity contribution < 1.29 is 19.1 Å². The zero-order chi connectivity index (χ0) is 17.9. The fourth-order valence-electron chi connectivity index (χ4n) is 1.98. The van der Waals surface area contributed by atoms with Gasteiger partial charge in [0.1, 0.15) is 10.6 Å². The van der Waals surface area contributed by atoms with Crippen LogP contribution in [-0.2, 0) is 11.8 Å². The minimum Gasteiger partial charge on any atom is -0.491 e. The molecule has 0 bridgehead atoms. The maximum absolute atomic E-state index is 12.3. The third kappa shape index (κ3) is 3.62. The monoisotopic (exact) mass is 351 g/mol. The van der Waals surface area contributed by atoms with Crippen LogP contribution in [-0.4, -0.2) is 35.1 Å². The Kier molecular flexibility index (Phi) is 5.35. The van der Waals surface area contributed by atoms with Gasteiger partial charge < -0.3 is 14.0 Å². The number of amides is 1. The molecule has 2 aromatic heterocycles. The van der Waals surface area contributed by atoms with Gasteiger partial charge in [-0.05, 0) is 13.8 Å². The summed E-state index contributed by atoms with van der Waals surface area (Å²) in [5.41, 5.74) is 0.215. The molecule has 0 spiro atoms. The Morgan fingerprint density at radius 3 is 2.75 bits per heavy atom. The van der Waals surface area contributed by atoms with Crippen molar-refractivity contribution in [1.82, 2.24) is 9.55 Å². The number of aromatic nitrogens is 2. The zero-order valence-corrected chi connectivity index (χ0v) is 14.5. The predicted octanol–water partition coefficient (Wildman–Crippen LogP) is 1.59. The zero-order valence-electron chi connectivity index (χ0n) is 13.7. The molecule has 24 heavy (non-hydrogen) atoms. The second kappa shape index (κ2) is 7.26. The van der Waals surface area contributed by atoms with E-state index in [1.165, 1.54) is 23.9 Å². The van der Waals surface area contributed by atoms with E-state index in [2.05, 4.69) is 10.3 Å². The van der Waals surface area contributed by atoms with Crippen molar-refractivity contribution in [3.8, 4) is 5.75 Å². The standard InChI is InChI=1S/C15H17N3O5S/c1-5-23-14(21)12-8(2)16-15(24-12)17-13(20)9-6-10(19)11(22-4)7-18(9)3/h6-7H,5H2,1-4H3,(H,16,17,20). The van der Waals surface area contributed by atoms with E-state index < -0.39 is 17.3 Å². The van der Waals surface area contributed by atoms with Gasteiger partial charge in [0, 0.05) is 13.1 Å². The molecule has 0 unspecified atom stereocenters. The molecular formula is C15H17N3O5S. The minimum atomic E-state index is -0.513.